The molecule has 3 aliphatic rings. The Morgan fingerprint density at radius 3 is 2.31 bits per heavy atom. The summed E-state index contributed by atoms with van der Waals surface area (Å²) in [5.74, 6) is -5.53. The van der Waals surface area contributed by atoms with Crippen LogP contribution in [0.2, 0.25) is 0 Å². The molecule has 2 unspecified atom stereocenters. The summed E-state index contributed by atoms with van der Waals surface area (Å²) in [7, 11) is -3.09. The van der Waals surface area contributed by atoms with Crippen molar-refractivity contribution < 1.29 is 35.2 Å². The van der Waals surface area contributed by atoms with Crippen LogP contribution >= 0.6 is 0 Å². The fourth-order valence-corrected chi connectivity index (χ4v) is 7.17. The second kappa shape index (κ2) is 11.1. The number of nitrogens with zero attached hydrogens (tertiary/aromatic N) is 5. The summed E-state index contributed by atoms with van der Waals surface area (Å²) in [5, 5.41) is 16.8. The summed E-state index contributed by atoms with van der Waals surface area (Å²) in [5.41, 5.74) is -0.0892. The zero-order valence-electron chi connectivity index (χ0n) is 23.9. The van der Waals surface area contributed by atoms with Gasteiger partial charge in [-0.15, -0.1) is 0 Å². The number of aromatic nitrogens is 3. The van der Waals surface area contributed by atoms with Gasteiger partial charge in [0.2, 0.25) is 11.8 Å². The second-order valence-electron chi connectivity index (χ2n) is 12.0. The van der Waals surface area contributed by atoms with Crippen LogP contribution < -0.4 is 10.2 Å². The largest absolute Gasteiger partial charge is 0.417 e. The number of carbonyl (C=O) groups excluding carboxylic acids is 1. The van der Waals surface area contributed by atoms with E-state index < -0.39 is 63.6 Å². The number of halogens is 5. The molecule has 2 aliphatic carbocycles. The summed E-state index contributed by atoms with van der Waals surface area (Å²) in [6, 6.07) is 11.1. The van der Waals surface area contributed by atoms with E-state index in [1.165, 1.54) is 10.9 Å². The van der Waals surface area contributed by atoms with Gasteiger partial charge in [0.1, 0.15) is 5.54 Å². The molecule has 1 aliphatic heterocycles. The first-order valence-corrected chi connectivity index (χ1v) is 16.3. The van der Waals surface area contributed by atoms with Gasteiger partial charge in [-0.2, -0.15) is 23.5 Å². The number of alkyl halides is 5. The minimum Gasteiger partial charge on any atom is -0.369 e. The highest BCUT2D eigenvalue weighted by Crippen LogP contribution is 2.48. The van der Waals surface area contributed by atoms with Crippen molar-refractivity contribution in [1.82, 2.24) is 20.1 Å². The van der Waals surface area contributed by atoms with E-state index in [-0.39, 0.29) is 29.4 Å². The summed E-state index contributed by atoms with van der Waals surface area (Å²) < 4.78 is 94.3. The molecule has 6 rings (SSSR count). The third kappa shape index (κ3) is 6.51. The van der Waals surface area contributed by atoms with E-state index in [4.69, 9.17) is 0 Å². The molecule has 2 aromatic heterocycles. The zero-order valence-corrected chi connectivity index (χ0v) is 24.7. The Morgan fingerprint density at radius 1 is 1.04 bits per heavy atom. The molecule has 3 fully saturated rings. The summed E-state index contributed by atoms with van der Waals surface area (Å²) in [4.78, 5) is 19.3. The van der Waals surface area contributed by atoms with Crippen molar-refractivity contribution in [2.24, 2.45) is 5.92 Å². The lowest BCUT2D eigenvalue weighted by Gasteiger charge is -2.35. The Morgan fingerprint density at radius 2 is 1.73 bits per heavy atom. The van der Waals surface area contributed by atoms with E-state index in [0.717, 1.165) is 17.8 Å². The maximum Gasteiger partial charge on any atom is 0.417 e. The van der Waals surface area contributed by atoms with Gasteiger partial charge >= 0.3 is 6.18 Å². The minimum absolute atomic E-state index is 0.0200. The van der Waals surface area contributed by atoms with Crippen LogP contribution in [-0.4, -0.2) is 65.1 Å². The van der Waals surface area contributed by atoms with Crippen molar-refractivity contribution in [3.8, 4) is 23.0 Å². The standard InChI is InChI=1S/C30H29F5N6O3S/c31-29(32)8-7-22(27(42)38-28(18-36)9-10-28)23(15-29)26-24(17-41(39-26)25-6-3-20(16-37-25)30(33,34)35)19-1-4-21(5-2-19)40-11-13-45(43,44)14-12-40/h1-6,16-17,22-23H,7-15H2,(H,38,42). The fourth-order valence-electron chi connectivity index (χ4n) is 5.97. The van der Waals surface area contributed by atoms with Gasteiger partial charge in [-0.1, -0.05) is 12.1 Å². The molecule has 3 aromatic rings. The van der Waals surface area contributed by atoms with E-state index in [1.807, 2.05) is 4.90 Å². The monoisotopic (exact) mass is 648 g/mol. The average Bonchev–Trinajstić information content (AvgIpc) is 3.62. The van der Waals surface area contributed by atoms with Gasteiger partial charge in [0.15, 0.2) is 15.7 Å². The van der Waals surface area contributed by atoms with E-state index in [9.17, 15) is 40.4 Å². The number of hydrogen-bond acceptors (Lipinski definition) is 7. The normalized spacial score (nSPS) is 23.6. The molecule has 9 nitrogen and oxygen atoms in total. The molecule has 45 heavy (non-hydrogen) atoms. The number of hydrogen-bond donors (Lipinski definition) is 1. The van der Waals surface area contributed by atoms with Gasteiger partial charge in [0.25, 0.3) is 0 Å². The van der Waals surface area contributed by atoms with Gasteiger partial charge < -0.3 is 10.2 Å². The molecule has 2 saturated carbocycles. The predicted molar refractivity (Wildman–Crippen MR) is 153 cm³/mol. The van der Waals surface area contributed by atoms with Crippen LogP contribution in [0.25, 0.3) is 16.9 Å². The van der Waals surface area contributed by atoms with Gasteiger partial charge in [-0.3, -0.25) is 4.79 Å². The van der Waals surface area contributed by atoms with Crippen molar-refractivity contribution in [2.45, 2.75) is 55.7 Å². The highest BCUT2D eigenvalue weighted by atomic mass is 32.2. The maximum atomic E-state index is 14.9. The van der Waals surface area contributed by atoms with Gasteiger partial charge in [-0.05, 0) is 49.1 Å². The van der Waals surface area contributed by atoms with Crippen LogP contribution in [0.15, 0.2) is 48.8 Å². The molecule has 1 N–H and O–H groups in total. The quantitative estimate of drug-likeness (QED) is 0.379. The van der Waals surface area contributed by atoms with E-state index in [1.54, 1.807) is 24.3 Å². The number of benzene rings is 1. The maximum absolute atomic E-state index is 14.9. The smallest absolute Gasteiger partial charge is 0.369 e. The number of amides is 1. The summed E-state index contributed by atoms with van der Waals surface area (Å²) >= 11 is 0. The number of rotatable bonds is 6. The average molecular weight is 649 g/mol. The molecule has 3 heterocycles. The molecule has 0 radical (unpaired) electrons. The Balaban J connectivity index is 1.39. The number of nitriles is 1. The zero-order chi connectivity index (χ0) is 32.2. The molecular weight excluding hydrogens is 619 g/mol. The molecule has 1 amide bonds. The topological polar surface area (TPSA) is 121 Å². The Hall–Kier alpha value is -4.06. The molecule has 1 aromatic carbocycles. The SMILES string of the molecule is N#CC1(NC(=O)C2CCC(F)(F)CC2c2nn(-c3ccc(C(F)(F)F)cn3)cc2-c2ccc(N3CCS(=O)(=O)CC3)cc2)CC1. The molecule has 1 saturated heterocycles. The van der Waals surface area contributed by atoms with Crippen LogP contribution in [0.4, 0.5) is 27.6 Å². The van der Waals surface area contributed by atoms with Crippen molar-refractivity contribution in [2.75, 3.05) is 29.5 Å². The first-order chi connectivity index (χ1) is 21.2. The lowest BCUT2D eigenvalue weighted by atomic mass is 9.74. The summed E-state index contributed by atoms with van der Waals surface area (Å²) in [6.45, 7) is 0.644. The van der Waals surface area contributed by atoms with Crippen molar-refractivity contribution in [1.29, 1.82) is 5.26 Å². The molecule has 2 atom stereocenters. The van der Waals surface area contributed by atoms with Crippen LogP contribution in [-0.2, 0) is 20.8 Å². The lowest BCUT2D eigenvalue weighted by Crippen LogP contribution is -2.45. The second-order valence-corrected chi connectivity index (χ2v) is 14.3. The Kier molecular flexibility index (Phi) is 7.62. The molecule has 0 bridgehead atoms. The number of carbonyl (C=O) groups is 1. The third-order valence-electron chi connectivity index (χ3n) is 8.78. The van der Waals surface area contributed by atoms with Gasteiger partial charge in [-0.25, -0.2) is 26.9 Å². The van der Waals surface area contributed by atoms with Gasteiger partial charge in [0.05, 0.1) is 28.8 Å². The third-order valence-corrected chi connectivity index (χ3v) is 10.4. The number of nitrogens with one attached hydrogen (secondary N) is 1. The highest BCUT2D eigenvalue weighted by molar-refractivity contribution is 7.91. The Labute approximate surface area is 256 Å². The number of pyridine rings is 1. The van der Waals surface area contributed by atoms with Crippen LogP contribution in [0.3, 0.4) is 0 Å². The number of anilines is 1. The van der Waals surface area contributed by atoms with Crippen LogP contribution in [0.5, 0.6) is 0 Å². The predicted octanol–water partition coefficient (Wildman–Crippen LogP) is 4.88. The van der Waals surface area contributed by atoms with Crippen molar-refractivity contribution >= 4 is 21.4 Å². The minimum atomic E-state index is -4.61. The fraction of sp³-hybridized carbons (Fsp3) is 0.467. The highest BCUT2D eigenvalue weighted by Gasteiger charge is 2.50. The van der Waals surface area contributed by atoms with E-state index in [0.29, 0.717) is 43.3 Å². The van der Waals surface area contributed by atoms with Crippen molar-refractivity contribution in [3.05, 3.63) is 60.0 Å². The Bertz CT molecular complexity index is 1730. The van der Waals surface area contributed by atoms with Crippen molar-refractivity contribution in [3.63, 3.8) is 0 Å². The van der Waals surface area contributed by atoms with E-state index >= 15 is 0 Å². The van der Waals surface area contributed by atoms with E-state index in [2.05, 4.69) is 21.5 Å². The molecular formula is C30H29F5N6O3S. The number of sulfone groups is 1. The molecule has 0 spiro atoms. The van der Waals surface area contributed by atoms with Crippen LogP contribution in [0, 0.1) is 17.2 Å². The first-order valence-electron chi connectivity index (χ1n) is 14.5. The first kappa shape index (κ1) is 30.9. The van der Waals surface area contributed by atoms with Gasteiger partial charge in [0, 0.05) is 61.4 Å². The molecule has 238 valence electrons. The lowest BCUT2D eigenvalue weighted by molar-refractivity contribution is -0.138. The summed E-state index contributed by atoms with van der Waals surface area (Å²) in [6.07, 6.45) is -2.86. The molecule has 15 heteroatoms. The van der Waals surface area contributed by atoms with Crippen LogP contribution in [0.1, 0.15) is 49.3 Å².